The van der Waals surface area contributed by atoms with Gasteiger partial charge in [-0.15, -0.1) is 0 Å². The second-order valence-electron chi connectivity index (χ2n) is 7.22. The predicted octanol–water partition coefficient (Wildman–Crippen LogP) is 0.720. The third kappa shape index (κ3) is 2.80. The van der Waals surface area contributed by atoms with Crippen LogP contribution in [0.1, 0.15) is 35.7 Å². The average Bonchev–Trinajstić information content (AvgIpc) is 3.24. The minimum atomic E-state index is -0.335. The van der Waals surface area contributed by atoms with Crippen molar-refractivity contribution in [2.45, 2.75) is 43.7 Å². The summed E-state index contributed by atoms with van der Waals surface area (Å²) in [7, 11) is 1.73. The molecule has 1 aromatic carbocycles. The highest BCUT2D eigenvalue weighted by molar-refractivity contribution is 5.33. The Labute approximate surface area is 140 Å². The first-order chi connectivity index (χ1) is 11.6. The maximum Gasteiger partial charge on any atom is 0.343 e. The van der Waals surface area contributed by atoms with Crippen molar-refractivity contribution in [3.8, 4) is 0 Å². The van der Waals surface area contributed by atoms with Crippen LogP contribution in [0.3, 0.4) is 0 Å². The summed E-state index contributed by atoms with van der Waals surface area (Å²) < 4.78 is 1.56. The van der Waals surface area contributed by atoms with Crippen LogP contribution < -0.4 is 11.0 Å². The number of aliphatic hydroxyl groups excluding tert-OH is 1. The fraction of sp³-hybridized carbons (Fsp3) is 0.556. The Morgan fingerprint density at radius 2 is 2.00 bits per heavy atom. The Bertz CT molecular complexity index is 756. The van der Waals surface area contributed by atoms with E-state index in [1.807, 2.05) is 0 Å². The highest BCUT2D eigenvalue weighted by Gasteiger charge is 2.36. The van der Waals surface area contributed by atoms with Crippen molar-refractivity contribution in [1.82, 2.24) is 20.1 Å². The van der Waals surface area contributed by atoms with E-state index in [2.05, 4.69) is 39.8 Å². The molecule has 2 aromatic rings. The molecule has 2 aliphatic rings. The smallest absolute Gasteiger partial charge is 0.343 e. The fourth-order valence-corrected chi connectivity index (χ4v) is 4.28. The summed E-state index contributed by atoms with van der Waals surface area (Å²) in [5.74, 6) is 1.12. The number of aromatic amines is 1. The summed E-state index contributed by atoms with van der Waals surface area (Å²) in [5.41, 5.74) is 2.68. The van der Waals surface area contributed by atoms with Crippen molar-refractivity contribution < 1.29 is 5.11 Å². The standard InChI is InChI=1S/C18H24N4O2/c1-22-17(20-21-18(22)24)13-6-14(16(23)9-13)10-19-15-7-11-4-2-3-5-12(11)8-15/h2-5,13-16,19,23H,6-10H2,1H3,(H,21,24)/t13-,14+,16+/m0/s1. The van der Waals surface area contributed by atoms with Crippen molar-refractivity contribution in [1.29, 1.82) is 0 Å². The van der Waals surface area contributed by atoms with Crippen molar-refractivity contribution in [2.24, 2.45) is 13.0 Å². The van der Waals surface area contributed by atoms with Crippen LogP contribution >= 0.6 is 0 Å². The van der Waals surface area contributed by atoms with Gasteiger partial charge in [-0.05, 0) is 42.7 Å². The fourth-order valence-electron chi connectivity index (χ4n) is 4.28. The average molecular weight is 328 g/mol. The Balaban J connectivity index is 1.35. The molecule has 0 unspecified atom stereocenters. The molecule has 6 heteroatoms. The first kappa shape index (κ1) is 15.6. The molecule has 4 rings (SSSR count). The largest absolute Gasteiger partial charge is 0.393 e. The van der Waals surface area contributed by atoms with Gasteiger partial charge in [-0.2, -0.15) is 5.10 Å². The van der Waals surface area contributed by atoms with Crippen LogP contribution in [0.5, 0.6) is 0 Å². The lowest BCUT2D eigenvalue weighted by molar-refractivity contribution is 0.129. The molecule has 1 aromatic heterocycles. The molecular formula is C18H24N4O2. The van der Waals surface area contributed by atoms with Crippen LogP contribution in [-0.2, 0) is 19.9 Å². The number of rotatable bonds is 4. The normalized spacial score (nSPS) is 26.8. The van der Waals surface area contributed by atoms with Gasteiger partial charge in [0.1, 0.15) is 5.82 Å². The van der Waals surface area contributed by atoms with Gasteiger partial charge in [0.2, 0.25) is 0 Å². The molecule has 1 saturated carbocycles. The Morgan fingerprint density at radius 1 is 1.29 bits per heavy atom. The number of hydrogen-bond donors (Lipinski definition) is 3. The SMILES string of the molecule is Cn1c([C@H]2C[C@H](CNC3Cc4ccccc4C3)[C@H](O)C2)n[nH]c1=O. The molecule has 3 atom stereocenters. The molecule has 0 radical (unpaired) electrons. The van der Waals surface area contributed by atoms with Crippen molar-refractivity contribution in [2.75, 3.05) is 6.54 Å². The Hall–Kier alpha value is -1.92. The molecule has 3 N–H and O–H groups in total. The summed E-state index contributed by atoms with van der Waals surface area (Å²) in [6.45, 7) is 0.814. The second kappa shape index (κ2) is 6.18. The summed E-state index contributed by atoms with van der Waals surface area (Å²) in [4.78, 5) is 11.5. The summed E-state index contributed by atoms with van der Waals surface area (Å²) in [6.07, 6.45) is 3.34. The van der Waals surface area contributed by atoms with E-state index in [0.29, 0.717) is 12.5 Å². The molecule has 1 fully saturated rings. The number of aromatic nitrogens is 3. The van der Waals surface area contributed by atoms with Gasteiger partial charge in [0.15, 0.2) is 0 Å². The Morgan fingerprint density at radius 3 is 2.62 bits per heavy atom. The van der Waals surface area contributed by atoms with Crippen LogP contribution in [0.4, 0.5) is 0 Å². The summed E-state index contributed by atoms with van der Waals surface area (Å²) in [6, 6.07) is 9.07. The molecule has 0 saturated heterocycles. The maximum atomic E-state index is 11.5. The van der Waals surface area contributed by atoms with Gasteiger partial charge in [0, 0.05) is 25.6 Å². The third-order valence-electron chi connectivity index (χ3n) is 5.66. The van der Waals surface area contributed by atoms with Crippen LogP contribution in [0, 0.1) is 5.92 Å². The van der Waals surface area contributed by atoms with Crippen LogP contribution in [-0.4, -0.2) is 38.6 Å². The van der Waals surface area contributed by atoms with Gasteiger partial charge in [-0.3, -0.25) is 4.57 Å². The first-order valence-corrected chi connectivity index (χ1v) is 8.71. The minimum Gasteiger partial charge on any atom is -0.393 e. The minimum absolute atomic E-state index is 0.150. The number of benzene rings is 1. The summed E-state index contributed by atoms with van der Waals surface area (Å²) in [5, 5.41) is 20.7. The topological polar surface area (TPSA) is 82.9 Å². The Kier molecular flexibility index (Phi) is 4.02. The van der Waals surface area contributed by atoms with Crippen molar-refractivity contribution in [3.05, 3.63) is 51.7 Å². The predicted molar refractivity (Wildman–Crippen MR) is 90.9 cm³/mol. The molecule has 24 heavy (non-hydrogen) atoms. The molecule has 0 aliphatic heterocycles. The number of hydrogen-bond acceptors (Lipinski definition) is 4. The van der Waals surface area contributed by atoms with Crippen LogP contribution in [0.15, 0.2) is 29.1 Å². The molecule has 128 valence electrons. The molecule has 0 amide bonds. The quantitative estimate of drug-likeness (QED) is 0.772. The first-order valence-electron chi connectivity index (χ1n) is 8.71. The van der Waals surface area contributed by atoms with Gasteiger partial charge >= 0.3 is 5.69 Å². The van der Waals surface area contributed by atoms with Gasteiger partial charge in [0.05, 0.1) is 6.10 Å². The number of H-pyrrole nitrogens is 1. The zero-order valence-corrected chi connectivity index (χ0v) is 13.9. The van der Waals surface area contributed by atoms with E-state index in [1.165, 1.54) is 11.1 Å². The zero-order chi connectivity index (χ0) is 16.7. The van der Waals surface area contributed by atoms with Gasteiger partial charge in [-0.25, -0.2) is 9.89 Å². The summed E-state index contributed by atoms with van der Waals surface area (Å²) >= 11 is 0. The zero-order valence-electron chi connectivity index (χ0n) is 13.9. The molecule has 0 bridgehead atoms. The van der Waals surface area contributed by atoms with Gasteiger partial charge in [-0.1, -0.05) is 24.3 Å². The lowest BCUT2D eigenvalue weighted by atomic mass is 10.0. The number of nitrogens with zero attached hydrogens (tertiary/aromatic N) is 2. The lowest BCUT2D eigenvalue weighted by Gasteiger charge is -2.18. The highest BCUT2D eigenvalue weighted by atomic mass is 16.3. The molecule has 0 spiro atoms. The van der Waals surface area contributed by atoms with E-state index in [1.54, 1.807) is 11.6 Å². The number of nitrogens with one attached hydrogen (secondary N) is 2. The van der Waals surface area contributed by atoms with E-state index in [0.717, 1.165) is 31.6 Å². The molecule has 2 aliphatic carbocycles. The number of aliphatic hydroxyl groups is 1. The van der Waals surface area contributed by atoms with E-state index < -0.39 is 0 Å². The molecule has 1 heterocycles. The van der Waals surface area contributed by atoms with Gasteiger partial charge in [0.25, 0.3) is 0 Å². The van der Waals surface area contributed by atoms with Gasteiger partial charge < -0.3 is 10.4 Å². The monoisotopic (exact) mass is 328 g/mol. The van der Waals surface area contributed by atoms with Crippen molar-refractivity contribution >= 4 is 0 Å². The molecular weight excluding hydrogens is 304 g/mol. The number of fused-ring (bicyclic) bond motifs is 1. The van der Waals surface area contributed by atoms with Crippen LogP contribution in [0.2, 0.25) is 0 Å². The van der Waals surface area contributed by atoms with Crippen LogP contribution in [0.25, 0.3) is 0 Å². The molecule has 6 nitrogen and oxygen atoms in total. The van der Waals surface area contributed by atoms with E-state index in [-0.39, 0.29) is 23.6 Å². The lowest BCUT2D eigenvalue weighted by Crippen LogP contribution is -2.36. The maximum absolute atomic E-state index is 11.5. The highest BCUT2D eigenvalue weighted by Crippen LogP contribution is 2.37. The van der Waals surface area contributed by atoms with E-state index in [4.69, 9.17) is 0 Å². The van der Waals surface area contributed by atoms with E-state index >= 15 is 0 Å². The van der Waals surface area contributed by atoms with Crippen molar-refractivity contribution in [3.63, 3.8) is 0 Å². The second-order valence-corrected chi connectivity index (χ2v) is 7.22. The van der Waals surface area contributed by atoms with E-state index in [9.17, 15) is 9.90 Å². The third-order valence-corrected chi connectivity index (χ3v) is 5.66.